The first-order valence-corrected chi connectivity index (χ1v) is 11.0. The van der Waals surface area contributed by atoms with Crippen LogP contribution in [-0.4, -0.2) is 60.3 Å². The Hall–Kier alpha value is -2.74. The van der Waals surface area contributed by atoms with Gasteiger partial charge in [-0.25, -0.2) is 4.39 Å². The fourth-order valence-electron chi connectivity index (χ4n) is 4.39. The van der Waals surface area contributed by atoms with Crippen LogP contribution in [0.5, 0.6) is 5.88 Å². The molecule has 0 radical (unpaired) electrons. The molecule has 2 saturated heterocycles. The number of nitrogens with one attached hydrogen (secondary N) is 1. The summed E-state index contributed by atoms with van der Waals surface area (Å²) in [5, 5.41) is 11.5. The Balaban J connectivity index is 1.24. The predicted molar refractivity (Wildman–Crippen MR) is 116 cm³/mol. The second-order valence-corrected chi connectivity index (χ2v) is 8.40. The quantitative estimate of drug-likeness (QED) is 0.764. The molecule has 0 aliphatic carbocycles. The van der Waals surface area contributed by atoms with Gasteiger partial charge in [0.1, 0.15) is 5.82 Å². The van der Waals surface area contributed by atoms with E-state index in [0.29, 0.717) is 12.4 Å². The summed E-state index contributed by atoms with van der Waals surface area (Å²) in [5.74, 6) is 1.18. The van der Waals surface area contributed by atoms with Crippen molar-refractivity contribution in [3.8, 4) is 5.88 Å². The van der Waals surface area contributed by atoms with Crippen LogP contribution in [0.25, 0.3) is 0 Å². The zero-order chi connectivity index (χ0) is 21.6. The molecule has 8 heteroatoms. The van der Waals surface area contributed by atoms with E-state index in [4.69, 9.17) is 4.74 Å². The highest BCUT2D eigenvalue weighted by Crippen LogP contribution is 2.23. The number of carbonyl (C=O) groups is 1. The Morgan fingerprint density at radius 2 is 1.87 bits per heavy atom. The lowest BCUT2D eigenvalue weighted by atomic mass is 9.95. The van der Waals surface area contributed by atoms with Gasteiger partial charge in [0.25, 0.3) is 0 Å². The number of anilines is 1. The highest BCUT2D eigenvalue weighted by atomic mass is 19.1. The number of methoxy groups -OCH3 is 1. The molecule has 2 fully saturated rings. The van der Waals surface area contributed by atoms with Gasteiger partial charge in [-0.3, -0.25) is 9.69 Å². The number of aromatic nitrogens is 2. The first-order valence-electron chi connectivity index (χ1n) is 11.0. The van der Waals surface area contributed by atoms with Gasteiger partial charge in [-0.2, -0.15) is 0 Å². The molecule has 166 valence electrons. The third-order valence-electron chi connectivity index (χ3n) is 6.20. The van der Waals surface area contributed by atoms with Crippen LogP contribution >= 0.6 is 0 Å². The summed E-state index contributed by atoms with van der Waals surface area (Å²) >= 11 is 0. The molecule has 31 heavy (non-hydrogen) atoms. The lowest BCUT2D eigenvalue weighted by molar-refractivity contribution is -0.126. The van der Waals surface area contributed by atoms with Gasteiger partial charge in [0.15, 0.2) is 5.82 Å². The summed E-state index contributed by atoms with van der Waals surface area (Å²) in [6.07, 6.45) is 3.73. The molecule has 1 aromatic heterocycles. The van der Waals surface area contributed by atoms with Gasteiger partial charge in [-0.1, -0.05) is 12.1 Å². The largest absolute Gasteiger partial charge is 0.480 e. The van der Waals surface area contributed by atoms with Crippen LogP contribution in [0.2, 0.25) is 0 Å². The molecule has 1 aromatic carbocycles. The van der Waals surface area contributed by atoms with Crippen molar-refractivity contribution in [2.45, 2.75) is 38.3 Å². The Morgan fingerprint density at radius 3 is 2.55 bits per heavy atom. The number of carbonyl (C=O) groups excluding carboxylic acids is 1. The van der Waals surface area contributed by atoms with Crippen LogP contribution in [0.1, 0.15) is 31.2 Å². The standard InChI is InChI=1S/C23H30FN5O2/c1-31-22-9-8-21(26-27-22)29-12-2-3-18(16-29)23(30)25-20-10-13-28(14-11-20)15-17-4-6-19(24)7-5-17/h4-9,18,20H,2-3,10-16H2,1H3,(H,25,30). The van der Waals surface area contributed by atoms with Crippen molar-refractivity contribution in [3.05, 3.63) is 47.8 Å². The monoisotopic (exact) mass is 427 g/mol. The summed E-state index contributed by atoms with van der Waals surface area (Å²) in [6, 6.07) is 10.6. The average Bonchev–Trinajstić information content (AvgIpc) is 2.82. The minimum absolute atomic E-state index is 0.0325. The zero-order valence-electron chi connectivity index (χ0n) is 18.0. The van der Waals surface area contributed by atoms with Crippen LogP contribution in [0, 0.1) is 11.7 Å². The number of hydrogen-bond acceptors (Lipinski definition) is 6. The van der Waals surface area contributed by atoms with Gasteiger partial charge in [0.05, 0.1) is 13.0 Å². The third-order valence-corrected chi connectivity index (χ3v) is 6.20. The van der Waals surface area contributed by atoms with Crippen LogP contribution in [0.4, 0.5) is 10.2 Å². The lowest BCUT2D eigenvalue weighted by Gasteiger charge is -2.35. The maximum absolute atomic E-state index is 13.1. The number of rotatable bonds is 6. The molecule has 3 heterocycles. The second kappa shape index (κ2) is 10.0. The Kier molecular flexibility index (Phi) is 6.96. The van der Waals surface area contributed by atoms with Crippen molar-refractivity contribution >= 4 is 11.7 Å². The third kappa shape index (κ3) is 5.70. The minimum atomic E-state index is -0.203. The smallest absolute Gasteiger partial charge is 0.233 e. The number of piperidine rings is 2. The molecule has 1 atom stereocenters. The van der Waals surface area contributed by atoms with Crippen LogP contribution < -0.4 is 15.0 Å². The van der Waals surface area contributed by atoms with E-state index in [1.807, 2.05) is 18.2 Å². The number of amides is 1. The number of nitrogens with zero attached hydrogens (tertiary/aromatic N) is 4. The second-order valence-electron chi connectivity index (χ2n) is 8.40. The van der Waals surface area contributed by atoms with E-state index in [9.17, 15) is 9.18 Å². The molecule has 4 rings (SSSR count). The summed E-state index contributed by atoms with van der Waals surface area (Å²) in [6.45, 7) is 4.23. The van der Waals surface area contributed by atoms with Gasteiger partial charge in [0.2, 0.25) is 11.8 Å². The molecule has 2 aliphatic rings. The van der Waals surface area contributed by atoms with Gasteiger partial charge in [0, 0.05) is 44.8 Å². The van der Waals surface area contributed by atoms with E-state index in [0.717, 1.165) is 63.2 Å². The minimum Gasteiger partial charge on any atom is -0.480 e. The number of halogens is 1. The van der Waals surface area contributed by atoms with E-state index < -0.39 is 0 Å². The summed E-state index contributed by atoms with van der Waals surface area (Å²) < 4.78 is 18.1. The normalized spacial score (nSPS) is 20.5. The molecule has 1 N–H and O–H groups in total. The number of likely N-dealkylation sites (tertiary alicyclic amines) is 1. The van der Waals surface area contributed by atoms with E-state index in [2.05, 4.69) is 25.3 Å². The van der Waals surface area contributed by atoms with Crippen molar-refractivity contribution < 1.29 is 13.9 Å². The Labute approximate surface area is 182 Å². The van der Waals surface area contributed by atoms with E-state index in [-0.39, 0.29) is 23.7 Å². The molecule has 2 aliphatic heterocycles. The topological polar surface area (TPSA) is 70.6 Å². The van der Waals surface area contributed by atoms with E-state index >= 15 is 0 Å². The molecule has 7 nitrogen and oxygen atoms in total. The van der Waals surface area contributed by atoms with Crippen molar-refractivity contribution in [2.24, 2.45) is 5.92 Å². The SMILES string of the molecule is COc1ccc(N2CCCC(C(=O)NC3CCN(Cc4ccc(F)cc4)CC3)C2)nn1. The van der Waals surface area contributed by atoms with Crippen LogP contribution in [0.15, 0.2) is 36.4 Å². The molecule has 0 saturated carbocycles. The predicted octanol–water partition coefficient (Wildman–Crippen LogP) is 2.62. The fourth-order valence-corrected chi connectivity index (χ4v) is 4.39. The van der Waals surface area contributed by atoms with Crippen LogP contribution in [-0.2, 0) is 11.3 Å². The number of hydrogen-bond donors (Lipinski definition) is 1. The number of benzene rings is 1. The van der Waals surface area contributed by atoms with Gasteiger partial charge >= 0.3 is 0 Å². The molecule has 2 aromatic rings. The highest BCUT2D eigenvalue weighted by Gasteiger charge is 2.29. The van der Waals surface area contributed by atoms with Crippen molar-refractivity contribution in [3.63, 3.8) is 0 Å². The maximum Gasteiger partial charge on any atom is 0.233 e. The molecular weight excluding hydrogens is 397 g/mol. The van der Waals surface area contributed by atoms with Crippen molar-refractivity contribution in [1.82, 2.24) is 20.4 Å². The molecule has 0 spiro atoms. The van der Waals surface area contributed by atoms with Gasteiger partial charge in [-0.05, 0) is 49.4 Å². The van der Waals surface area contributed by atoms with E-state index in [1.54, 1.807) is 13.2 Å². The average molecular weight is 428 g/mol. The lowest BCUT2D eigenvalue weighted by Crippen LogP contribution is -2.49. The molecule has 0 bridgehead atoms. The van der Waals surface area contributed by atoms with Gasteiger partial charge < -0.3 is 15.0 Å². The van der Waals surface area contributed by atoms with Gasteiger partial charge in [-0.15, -0.1) is 10.2 Å². The summed E-state index contributed by atoms with van der Waals surface area (Å²) in [5.41, 5.74) is 1.12. The molecule has 1 unspecified atom stereocenters. The van der Waals surface area contributed by atoms with Crippen molar-refractivity contribution in [1.29, 1.82) is 0 Å². The summed E-state index contributed by atoms with van der Waals surface area (Å²) in [7, 11) is 1.57. The Morgan fingerprint density at radius 1 is 1.10 bits per heavy atom. The van der Waals surface area contributed by atoms with E-state index in [1.165, 1.54) is 12.1 Å². The maximum atomic E-state index is 13.1. The molecule has 1 amide bonds. The number of ether oxygens (including phenoxy) is 1. The Bertz CT molecular complexity index is 853. The summed E-state index contributed by atoms with van der Waals surface area (Å²) in [4.78, 5) is 17.4. The first-order chi connectivity index (χ1) is 15.1. The molecular formula is C23H30FN5O2. The van der Waals surface area contributed by atoms with Crippen LogP contribution in [0.3, 0.4) is 0 Å². The van der Waals surface area contributed by atoms with Crippen molar-refractivity contribution in [2.75, 3.05) is 38.2 Å². The zero-order valence-corrected chi connectivity index (χ0v) is 18.0. The first kappa shape index (κ1) is 21.5. The highest BCUT2D eigenvalue weighted by molar-refractivity contribution is 5.79. The fraction of sp³-hybridized carbons (Fsp3) is 0.522.